The molecule has 0 aliphatic carbocycles. The van der Waals surface area contributed by atoms with Crippen molar-refractivity contribution in [3.63, 3.8) is 0 Å². The number of rotatable bonds is 1. The Labute approximate surface area is 89.2 Å². The van der Waals surface area contributed by atoms with E-state index in [4.69, 9.17) is 0 Å². The van der Waals surface area contributed by atoms with Gasteiger partial charge in [-0.25, -0.2) is 0 Å². The Morgan fingerprint density at radius 3 is 3.00 bits per heavy atom. The summed E-state index contributed by atoms with van der Waals surface area (Å²) in [4.78, 5) is 2.30. The standard InChI is InChI=1S/C11H17NOS/c1-12-6-2-4-11(13,5-7-12)10-3-8-14-9-10/h3,8-9,13H,2,4-7H2,1H3. The zero-order valence-corrected chi connectivity index (χ0v) is 9.39. The van der Waals surface area contributed by atoms with Gasteiger partial charge in [-0.1, -0.05) is 0 Å². The summed E-state index contributed by atoms with van der Waals surface area (Å²) in [7, 11) is 2.12. The van der Waals surface area contributed by atoms with Gasteiger partial charge < -0.3 is 10.0 Å². The molecule has 14 heavy (non-hydrogen) atoms. The van der Waals surface area contributed by atoms with Gasteiger partial charge in [0.05, 0.1) is 5.60 Å². The van der Waals surface area contributed by atoms with E-state index in [1.165, 1.54) is 0 Å². The van der Waals surface area contributed by atoms with Crippen LogP contribution in [0.25, 0.3) is 0 Å². The summed E-state index contributed by atoms with van der Waals surface area (Å²) < 4.78 is 0. The molecule has 1 unspecified atom stereocenters. The van der Waals surface area contributed by atoms with Crippen molar-refractivity contribution >= 4 is 11.3 Å². The van der Waals surface area contributed by atoms with Crippen molar-refractivity contribution in [2.24, 2.45) is 0 Å². The maximum absolute atomic E-state index is 10.5. The molecule has 1 N–H and O–H groups in total. The summed E-state index contributed by atoms with van der Waals surface area (Å²) >= 11 is 1.67. The molecule has 2 heterocycles. The molecule has 1 aromatic heterocycles. The van der Waals surface area contributed by atoms with Gasteiger partial charge in [0.2, 0.25) is 0 Å². The highest BCUT2D eigenvalue weighted by Gasteiger charge is 2.31. The van der Waals surface area contributed by atoms with Crippen molar-refractivity contribution in [1.29, 1.82) is 0 Å². The second kappa shape index (κ2) is 4.01. The van der Waals surface area contributed by atoms with Crippen LogP contribution in [0.3, 0.4) is 0 Å². The lowest BCUT2D eigenvalue weighted by Crippen LogP contribution is -2.27. The largest absolute Gasteiger partial charge is 0.385 e. The number of thiophene rings is 1. The normalized spacial score (nSPS) is 30.1. The zero-order chi connectivity index (χ0) is 10.0. The Morgan fingerprint density at radius 2 is 2.29 bits per heavy atom. The van der Waals surface area contributed by atoms with Gasteiger partial charge in [-0.3, -0.25) is 0 Å². The maximum atomic E-state index is 10.5. The molecule has 1 atom stereocenters. The highest BCUT2D eigenvalue weighted by atomic mass is 32.1. The predicted molar refractivity (Wildman–Crippen MR) is 59.6 cm³/mol. The summed E-state index contributed by atoms with van der Waals surface area (Å²) in [5.41, 5.74) is 0.544. The Kier molecular flexibility index (Phi) is 2.91. The molecule has 2 nitrogen and oxygen atoms in total. The van der Waals surface area contributed by atoms with Crippen LogP contribution in [-0.4, -0.2) is 30.1 Å². The van der Waals surface area contributed by atoms with E-state index in [0.29, 0.717) is 0 Å². The van der Waals surface area contributed by atoms with Gasteiger partial charge in [-0.05, 0) is 55.2 Å². The van der Waals surface area contributed by atoms with Crippen molar-refractivity contribution in [1.82, 2.24) is 4.90 Å². The first-order valence-electron chi connectivity index (χ1n) is 5.14. The lowest BCUT2D eigenvalue weighted by molar-refractivity contribution is 0.0222. The first-order valence-corrected chi connectivity index (χ1v) is 6.09. The summed E-state index contributed by atoms with van der Waals surface area (Å²) in [5, 5.41) is 14.6. The minimum Gasteiger partial charge on any atom is -0.385 e. The summed E-state index contributed by atoms with van der Waals surface area (Å²) in [6.45, 7) is 2.10. The van der Waals surface area contributed by atoms with E-state index in [0.717, 1.165) is 37.9 Å². The molecular formula is C11H17NOS. The first kappa shape index (κ1) is 10.1. The van der Waals surface area contributed by atoms with E-state index in [-0.39, 0.29) is 0 Å². The quantitative estimate of drug-likeness (QED) is 0.768. The fourth-order valence-electron chi connectivity index (χ4n) is 2.07. The van der Waals surface area contributed by atoms with Gasteiger partial charge in [0.1, 0.15) is 0 Å². The molecule has 0 amide bonds. The van der Waals surface area contributed by atoms with E-state index in [9.17, 15) is 5.11 Å². The third-order valence-corrected chi connectivity index (χ3v) is 3.78. The molecular weight excluding hydrogens is 194 g/mol. The molecule has 2 rings (SSSR count). The minimum atomic E-state index is -0.565. The van der Waals surface area contributed by atoms with E-state index in [2.05, 4.69) is 23.4 Å². The molecule has 1 fully saturated rings. The second-order valence-corrected chi connectivity index (χ2v) is 4.98. The van der Waals surface area contributed by atoms with Gasteiger partial charge in [0, 0.05) is 6.54 Å². The lowest BCUT2D eigenvalue weighted by atomic mass is 9.89. The molecule has 0 bridgehead atoms. The first-order chi connectivity index (χ1) is 6.71. The van der Waals surface area contributed by atoms with Crippen LogP contribution in [0.5, 0.6) is 0 Å². The third-order valence-electron chi connectivity index (χ3n) is 3.10. The van der Waals surface area contributed by atoms with Gasteiger partial charge in [-0.2, -0.15) is 11.3 Å². The van der Waals surface area contributed by atoms with E-state index >= 15 is 0 Å². The maximum Gasteiger partial charge on any atom is 0.0917 e. The summed E-state index contributed by atoms with van der Waals surface area (Å²) in [6.07, 6.45) is 2.84. The second-order valence-electron chi connectivity index (χ2n) is 4.20. The van der Waals surface area contributed by atoms with Crippen molar-refractivity contribution in [2.75, 3.05) is 20.1 Å². The number of aliphatic hydroxyl groups is 1. The fraction of sp³-hybridized carbons (Fsp3) is 0.636. The van der Waals surface area contributed by atoms with Crippen LogP contribution in [-0.2, 0) is 5.60 Å². The number of hydrogen-bond donors (Lipinski definition) is 1. The Bertz CT molecular complexity index is 285. The molecule has 0 saturated carbocycles. The number of nitrogens with zero attached hydrogens (tertiary/aromatic N) is 1. The Hall–Kier alpha value is -0.380. The molecule has 1 aliphatic rings. The van der Waals surface area contributed by atoms with Crippen molar-refractivity contribution in [3.8, 4) is 0 Å². The van der Waals surface area contributed by atoms with Gasteiger partial charge in [0.25, 0.3) is 0 Å². The summed E-state index contributed by atoms with van der Waals surface area (Å²) in [5.74, 6) is 0. The van der Waals surface area contributed by atoms with Crippen LogP contribution in [0.15, 0.2) is 16.8 Å². The topological polar surface area (TPSA) is 23.5 Å². The van der Waals surface area contributed by atoms with E-state index < -0.39 is 5.60 Å². The zero-order valence-electron chi connectivity index (χ0n) is 8.57. The Balaban J connectivity index is 2.15. The van der Waals surface area contributed by atoms with E-state index in [1.54, 1.807) is 11.3 Å². The van der Waals surface area contributed by atoms with Crippen LogP contribution in [0.4, 0.5) is 0 Å². The molecule has 0 spiro atoms. The average molecular weight is 211 g/mol. The van der Waals surface area contributed by atoms with Crippen LogP contribution in [0.1, 0.15) is 24.8 Å². The minimum absolute atomic E-state index is 0.565. The van der Waals surface area contributed by atoms with Crippen LogP contribution in [0, 0.1) is 0 Å². The molecule has 1 aromatic rings. The molecule has 78 valence electrons. The highest BCUT2D eigenvalue weighted by Crippen LogP contribution is 2.33. The molecule has 3 heteroatoms. The average Bonchev–Trinajstić information content (AvgIpc) is 2.63. The molecule has 1 aliphatic heterocycles. The van der Waals surface area contributed by atoms with Crippen LogP contribution >= 0.6 is 11.3 Å². The Morgan fingerprint density at radius 1 is 1.43 bits per heavy atom. The van der Waals surface area contributed by atoms with Gasteiger partial charge >= 0.3 is 0 Å². The van der Waals surface area contributed by atoms with Crippen LogP contribution < -0.4 is 0 Å². The van der Waals surface area contributed by atoms with E-state index in [1.807, 2.05) is 5.38 Å². The van der Waals surface area contributed by atoms with Crippen molar-refractivity contribution < 1.29 is 5.11 Å². The molecule has 0 aromatic carbocycles. The molecule has 0 radical (unpaired) electrons. The lowest BCUT2D eigenvalue weighted by Gasteiger charge is -2.25. The predicted octanol–water partition coefficient (Wildman–Crippen LogP) is 2.05. The SMILES string of the molecule is CN1CCCC(O)(c2ccsc2)CC1. The smallest absolute Gasteiger partial charge is 0.0917 e. The number of likely N-dealkylation sites (tertiary alicyclic amines) is 1. The monoisotopic (exact) mass is 211 g/mol. The third kappa shape index (κ3) is 2.00. The van der Waals surface area contributed by atoms with Crippen LogP contribution in [0.2, 0.25) is 0 Å². The highest BCUT2D eigenvalue weighted by molar-refractivity contribution is 7.08. The van der Waals surface area contributed by atoms with Crippen molar-refractivity contribution in [2.45, 2.75) is 24.9 Å². The number of hydrogen-bond acceptors (Lipinski definition) is 3. The molecule has 1 saturated heterocycles. The van der Waals surface area contributed by atoms with Crippen molar-refractivity contribution in [3.05, 3.63) is 22.4 Å². The van der Waals surface area contributed by atoms with Gasteiger partial charge in [-0.15, -0.1) is 0 Å². The van der Waals surface area contributed by atoms with Gasteiger partial charge in [0.15, 0.2) is 0 Å². The summed E-state index contributed by atoms with van der Waals surface area (Å²) in [6, 6.07) is 2.05. The fourth-order valence-corrected chi connectivity index (χ4v) is 2.82.